The van der Waals surface area contributed by atoms with Gasteiger partial charge in [0.1, 0.15) is 5.76 Å². The SMILES string of the molecule is Cc1ccc(C2=C(c3ccc(S(N)(=O)=O)cc3)OC(C)(C)C2=O)cc1. The molecule has 6 heteroatoms. The van der Waals surface area contributed by atoms with Crippen molar-refractivity contribution in [2.75, 3.05) is 0 Å². The van der Waals surface area contributed by atoms with Gasteiger partial charge in [0.25, 0.3) is 0 Å². The van der Waals surface area contributed by atoms with Gasteiger partial charge in [-0.3, -0.25) is 4.79 Å². The van der Waals surface area contributed by atoms with E-state index in [2.05, 4.69) is 0 Å². The molecule has 0 aromatic heterocycles. The molecule has 0 atom stereocenters. The fourth-order valence-electron chi connectivity index (χ4n) is 2.74. The van der Waals surface area contributed by atoms with Crippen LogP contribution in [0.25, 0.3) is 11.3 Å². The summed E-state index contributed by atoms with van der Waals surface area (Å²) in [6.07, 6.45) is 0. The van der Waals surface area contributed by atoms with Crippen LogP contribution in [-0.4, -0.2) is 19.8 Å². The third-order valence-corrected chi connectivity index (χ3v) is 5.07. The monoisotopic (exact) mass is 357 g/mol. The predicted molar refractivity (Wildman–Crippen MR) is 96.0 cm³/mol. The summed E-state index contributed by atoms with van der Waals surface area (Å²) in [5.74, 6) is 0.335. The second kappa shape index (κ2) is 5.82. The lowest BCUT2D eigenvalue weighted by molar-refractivity contribution is -0.125. The minimum atomic E-state index is -3.77. The first kappa shape index (κ1) is 17.4. The Hall–Kier alpha value is -2.44. The Morgan fingerprint density at radius 3 is 1.96 bits per heavy atom. The van der Waals surface area contributed by atoms with Crippen LogP contribution in [0.5, 0.6) is 0 Å². The van der Waals surface area contributed by atoms with Gasteiger partial charge in [0.05, 0.1) is 10.5 Å². The second-order valence-corrected chi connectivity index (χ2v) is 8.14. The number of aryl methyl sites for hydroxylation is 1. The zero-order valence-electron chi connectivity index (χ0n) is 14.2. The minimum Gasteiger partial charge on any atom is -0.478 e. The lowest BCUT2D eigenvalue weighted by atomic mass is 9.92. The van der Waals surface area contributed by atoms with E-state index in [1.165, 1.54) is 12.1 Å². The van der Waals surface area contributed by atoms with Gasteiger partial charge in [0.2, 0.25) is 15.8 Å². The fourth-order valence-corrected chi connectivity index (χ4v) is 3.25. The van der Waals surface area contributed by atoms with Gasteiger partial charge in [-0.2, -0.15) is 0 Å². The van der Waals surface area contributed by atoms with Crippen molar-refractivity contribution < 1.29 is 17.9 Å². The fraction of sp³-hybridized carbons (Fsp3) is 0.211. The van der Waals surface area contributed by atoms with E-state index < -0.39 is 15.6 Å². The molecule has 1 aliphatic heterocycles. The highest BCUT2D eigenvalue weighted by Gasteiger charge is 2.42. The smallest absolute Gasteiger partial charge is 0.238 e. The van der Waals surface area contributed by atoms with E-state index in [0.29, 0.717) is 16.9 Å². The zero-order chi connectivity index (χ0) is 18.4. The van der Waals surface area contributed by atoms with Gasteiger partial charge in [-0.25, -0.2) is 13.6 Å². The Balaban J connectivity index is 2.15. The topological polar surface area (TPSA) is 86.5 Å². The number of ether oxygens (including phenoxy) is 1. The molecule has 0 radical (unpaired) electrons. The molecule has 2 aromatic carbocycles. The number of primary sulfonamides is 1. The molecule has 25 heavy (non-hydrogen) atoms. The molecule has 2 N–H and O–H groups in total. The van der Waals surface area contributed by atoms with Gasteiger partial charge in [0.15, 0.2) is 5.60 Å². The Morgan fingerprint density at radius 2 is 1.44 bits per heavy atom. The average Bonchev–Trinajstić information content (AvgIpc) is 2.78. The van der Waals surface area contributed by atoms with E-state index in [0.717, 1.165) is 11.1 Å². The standard InChI is InChI=1S/C19H19NO4S/c1-12-4-6-13(7-5-12)16-17(24-19(2,3)18(16)21)14-8-10-15(11-9-14)25(20,22)23/h4-11H,1-3H3,(H2,20,22,23). The Labute approximate surface area is 147 Å². The highest BCUT2D eigenvalue weighted by Crippen LogP contribution is 2.41. The Bertz CT molecular complexity index is 969. The van der Waals surface area contributed by atoms with E-state index in [9.17, 15) is 13.2 Å². The molecule has 0 spiro atoms. The summed E-state index contributed by atoms with van der Waals surface area (Å²) < 4.78 is 28.8. The van der Waals surface area contributed by atoms with Crippen LogP contribution in [-0.2, 0) is 19.6 Å². The number of benzene rings is 2. The van der Waals surface area contributed by atoms with E-state index in [-0.39, 0.29) is 10.7 Å². The summed E-state index contributed by atoms with van der Waals surface area (Å²) in [7, 11) is -3.77. The molecule has 0 aliphatic carbocycles. The molecule has 1 aliphatic rings. The molecule has 1 heterocycles. The molecule has 130 valence electrons. The average molecular weight is 357 g/mol. The number of Topliss-reactive ketones (excluding diaryl/α,β-unsaturated/α-hetero) is 1. The predicted octanol–water partition coefficient (Wildman–Crippen LogP) is 2.89. The van der Waals surface area contributed by atoms with Crippen molar-refractivity contribution in [3.05, 3.63) is 65.2 Å². The van der Waals surface area contributed by atoms with Crippen LogP contribution >= 0.6 is 0 Å². The summed E-state index contributed by atoms with van der Waals surface area (Å²) in [6, 6.07) is 13.6. The van der Waals surface area contributed by atoms with Crippen molar-refractivity contribution in [1.29, 1.82) is 0 Å². The number of ketones is 1. The number of hydrogen-bond donors (Lipinski definition) is 1. The van der Waals surface area contributed by atoms with E-state index in [1.54, 1.807) is 26.0 Å². The number of carbonyl (C=O) groups excluding carboxylic acids is 1. The van der Waals surface area contributed by atoms with Gasteiger partial charge in [-0.1, -0.05) is 29.8 Å². The van der Waals surface area contributed by atoms with Crippen LogP contribution in [0.3, 0.4) is 0 Å². The molecular weight excluding hydrogens is 338 g/mol. The number of hydrogen-bond acceptors (Lipinski definition) is 4. The van der Waals surface area contributed by atoms with Gasteiger partial charge in [0, 0.05) is 5.56 Å². The van der Waals surface area contributed by atoms with Crippen LogP contribution in [0.2, 0.25) is 0 Å². The van der Waals surface area contributed by atoms with Crippen molar-refractivity contribution in [2.24, 2.45) is 5.14 Å². The maximum absolute atomic E-state index is 12.8. The number of rotatable bonds is 3. The summed E-state index contributed by atoms with van der Waals surface area (Å²) >= 11 is 0. The minimum absolute atomic E-state index is 0.0114. The summed E-state index contributed by atoms with van der Waals surface area (Å²) in [6.45, 7) is 5.41. The highest BCUT2D eigenvalue weighted by molar-refractivity contribution is 7.89. The molecule has 3 rings (SSSR count). The lowest BCUT2D eigenvalue weighted by Gasteiger charge is -2.17. The van der Waals surface area contributed by atoms with E-state index in [4.69, 9.17) is 9.88 Å². The van der Waals surface area contributed by atoms with Crippen molar-refractivity contribution >= 4 is 27.1 Å². The number of sulfonamides is 1. The van der Waals surface area contributed by atoms with Gasteiger partial charge in [-0.05, 0) is 50.6 Å². The summed E-state index contributed by atoms with van der Waals surface area (Å²) in [4.78, 5) is 12.8. The van der Waals surface area contributed by atoms with Crippen LogP contribution in [0, 0.1) is 6.92 Å². The lowest BCUT2D eigenvalue weighted by Crippen LogP contribution is -2.29. The van der Waals surface area contributed by atoms with Crippen molar-refractivity contribution in [3.63, 3.8) is 0 Å². The van der Waals surface area contributed by atoms with Crippen LogP contribution in [0.4, 0.5) is 0 Å². The third-order valence-electron chi connectivity index (χ3n) is 4.14. The molecule has 0 fully saturated rings. The molecular formula is C19H19NO4S. The first-order valence-electron chi connectivity index (χ1n) is 7.78. The van der Waals surface area contributed by atoms with E-state index in [1.807, 2.05) is 31.2 Å². The Kier molecular flexibility index (Phi) is 4.05. The molecule has 2 aromatic rings. The van der Waals surface area contributed by atoms with Crippen LogP contribution in [0.1, 0.15) is 30.5 Å². The Morgan fingerprint density at radius 1 is 0.920 bits per heavy atom. The third kappa shape index (κ3) is 3.23. The quantitative estimate of drug-likeness (QED) is 0.915. The highest BCUT2D eigenvalue weighted by atomic mass is 32.2. The van der Waals surface area contributed by atoms with Crippen molar-refractivity contribution in [1.82, 2.24) is 0 Å². The van der Waals surface area contributed by atoms with Crippen molar-refractivity contribution in [3.8, 4) is 0 Å². The van der Waals surface area contributed by atoms with Gasteiger partial charge < -0.3 is 4.74 Å². The van der Waals surface area contributed by atoms with E-state index >= 15 is 0 Å². The number of nitrogens with two attached hydrogens (primary N) is 1. The maximum atomic E-state index is 12.8. The zero-order valence-corrected chi connectivity index (χ0v) is 15.1. The molecule has 0 saturated carbocycles. The molecule has 0 unspecified atom stereocenters. The molecule has 0 bridgehead atoms. The maximum Gasteiger partial charge on any atom is 0.238 e. The molecule has 5 nitrogen and oxygen atoms in total. The van der Waals surface area contributed by atoms with Gasteiger partial charge >= 0.3 is 0 Å². The summed E-state index contributed by atoms with van der Waals surface area (Å²) in [5, 5.41) is 5.13. The van der Waals surface area contributed by atoms with Gasteiger partial charge in [-0.15, -0.1) is 0 Å². The number of carbonyl (C=O) groups is 1. The molecule has 0 amide bonds. The first-order valence-corrected chi connectivity index (χ1v) is 9.32. The summed E-state index contributed by atoms with van der Waals surface area (Å²) in [5.41, 5.74) is 2.00. The normalized spacial score (nSPS) is 16.9. The second-order valence-electron chi connectivity index (χ2n) is 6.58. The molecule has 0 saturated heterocycles. The van der Waals surface area contributed by atoms with Crippen LogP contribution < -0.4 is 5.14 Å². The van der Waals surface area contributed by atoms with Crippen LogP contribution in [0.15, 0.2) is 53.4 Å². The largest absolute Gasteiger partial charge is 0.478 e. The van der Waals surface area contributed by atoms with Crippen molar-refractivity contribution in [2.45, 2.75) is 31.3 Å². The first-order chi connectivity index (χ1) is 11.6.